The van der Waals surface area contributed by atoms with E-state index in [1.54, 1.807) is 24.3 Å². The van der Waals surface area contributed by atoms with Crippen LogP contribution in [0.3, 0.4) is 0 Å². The molecule has 1 saturated carbocycles. The number of aromatic nitrogens is 3. The van der Waals surface area contributed by atoms with Crippen molar-refractivity contribution in [3.05, 3.63) is 36.2 Å². The van der Waals surface area contributed by atoms with Crippen molar-refractivity contribution in [2.45, 2.75) is 25.6 Å². The number of aromatic amines is 1. The van der Waals surface area contributed by atoms with E-state index in [9.17, 15) is 18.0 Å². The van der Waals surface area contributed by atoms with Gasteiger partial charge in [0.1, 0.15) is 11.7 Å². The van der Waals surface area contributed by atoms with E-state index in [1.165, 1.54) is 6.33 Å². The summed E-state index contributed by atoms with van der Waals surface area (Å²) in [6.45, 7) is 0.0628. The summed E-state index contributed by atoms with van der Waals surface area (Å²) in [5.41, 5.74) is -0.650. The van der Waals surface area contributed by atoms with Gasteiger partial charge >= 0.3 is 6.18 Å². The zero-order valence-electron chi connectivity index (χ0n) is 11.4. The van der Waals surface area contributed by atoms with E-state index in [0.717, 1.165) is 11.1 Å². The summed E-state index contributed by atoms with van der Waals surface area (Å²) in [5, 5.41) is 8.82. The number of rotatable bonds is 4. The molecule has 3 rings (SSSR count). The molecule has 8 heteroatoms. The molecule has 1 amide bonds. The number of hydrogen-bond donors (Lipinski definition) is 2. The van der Waals surface area contributed by atoms with E-state index in [4.69, 9.17) is 0 Å². The van der Waals surface area contributed by atoms with Crippen LogP contribution in [-0.4, -0.2) is 27.3 Å². The molecule has 0 atom stereocenters. The van der Waals surface area contributed by atoms with E-state index < -0.39 is 17.5 Å². The molecule has 1 aliphatic rings. The van der Waals surface area contributed by atoms with E-state index >= 15 is 0 Å². The molecular weight excluding hydrogens is 297 g/mol. The summed E-state index contributed by atoms with van der Waals surface area (Å²) in [6.07, 6.45) is -3.36. The summed E-state index contributed by atoms with van der Waals surface area (Å²) in [5.74, 6) is -0.344. The highest BCUT2D eigenvalue weighted by Gasteiger charge is 2.68. The summed E-state index contributed by atoms with van der Waals surface area (Å²) in [4.78, 5) is 15.7. The molecular formula is C14H13F3N4O. The molecule has 1 aromatic carbocycles. The Balaban J connectivity index is 1.62. The van der Waals surface area contributed by atoms with Crippen molar-refractivity contribution in [1.82, 2.24) is 20.5 Å². The van der Waals surface area contributed by atoms with Crippen molar-refractivity contribution >= 4 is 5.91 Å². The first kappa shape index (κ1) is 14.6. The van der Waals surface area contributed by atoms with Gasteiger partial charge in [-0.3, -0.25) is 9.89 Å². The van der Waals surface area contributed by atoms with Crippen molar-refractivity contribution in [2.24, 2.45) is 5.41 Å². The Labute approximate surface area is 123 Å². The van der Waals surface area contributed by atoms with Gasteiger partial charge in [-0.15, -0.1) is 0 Å². The van der Waals surface area contributed by atoms with Gasteiger partial charge in [0.05, 0.1) is 0 Å². The highest BCUT2D eigenvalue weighted by molar-refractivity contribution is 5.86. The minimum Gasteiger partial charge on any atom is -0.351 e. The largest absolute Gasteiger partial charge is 0.403 e. The molecule has 5 nitrogen and oxygen atoms in total. The Bertz CT molecular complexity index is 660. The maximum atomic E-state index is 12.8. The maximum Gasteiger partial charge on any atom is 0.403 e. The van der Waals surface area contributed by atoms with Gasteiger partial charge in [0.25, 0.3) is 0 Å². The molecule has 0 spiro atoms. The highest BCUT2D eigenvalue weighted by Crippen LogP contribution is 2.57. The van der Waals surface area contributed by atoms with Crippen molar-refractivity contribution in [2.75, 3.05) is 0 Å². The lowest BCUT2D eigenvalue weighted by Gasteiger charge is -2.18. The van der Waals surface area contributed by atoms with Gasteiger partial charge in [-0.2, -0.15) is 18.3 Å². The lowest BCUT2D eigenvalue weighted by atomic mass is 10.1. The molecule has 0 bridgehead atoms. The summed E-state index contributed by atoms with van der Waals surface area (Å²) >= 11 is 0. The van der Waals surface area contributed by atoms with Crippen molar-refractivity contribution in [1.29, 1.82) is 0 Å². The number of carbonyl (C=O) groups excluding carboxylic acids is 1. The first-order valence-electron chi connectivity index (χ1n) is 6.72. The number of nitrogens with one attached hydrogen (secondary N) is 2. The average Bonchev–Trinajstić information content (AvgIpc) is 3.14. The van der Waals surface area contributed by atoms with Crippen LogP contribution in [0.2, 0.25) is 0 Å². The van der Waals surface area contributed by atoms with Gasteiger partial charge < -0.3 is 5.32 Å². The lowest BCUT2D eigenvalue weighted by Crippen LogP contribution is -2.40. The minimum absolute atomic E-state index is 0.0628. The predicted molar refractivity (Wildman–Crippen MR) is 71.4 cm³/mol. The maximum absolute atomic E-state index is 12.8. The van der Waals surface area contributed by atoms with Crippen LogP contribution in [0.4, 0.5) is 13.2 Å². The third-order valence-electron chi connectivity index (χ3n) is 3.82. The third-order valence-corrected chi connectivity index (χ3v) is 3.82. The fourth-order valence-corrected chi connectivity index (χ4v) is 2.24. The first-order valence-corrected chi connectivity index (χ1v) is 6.72. The van der Waals surface area contributed by atoms with E-state index in [1.807, 2.05) is 0 Å². The molecule has 116 valence electrons. The third kappa shape index (κ3) is 2.56. The van der Waals surface area contributed by atoms with Gasteiger partial charge in [0.2, 0.25) is 5.91 Å². The van der Waals surface area contributed by atoms with Crippen LogP contribution in [0.25, 0.3) is 11.4 Å². The minimum atomic E-state index is -4.48. The second-order valence-corrected chi connectivity index (χ2v) is 5.29. The number of H-pyrrole nitrogens is 1. The number of amides is 1. The fourth-order valence-electron chi connectivity index (χ4n) is 2.24. The number of alkyl halides is 3. The van der Waals surface area contributed by atoms with Crippen molar-refractivity contribution in [3.8, 4) is 11.4 Å². The smallest absolute Gasteiger partial charge is 0.351 e. The molecule has 0 unspecified atom stereocenters. The van der Waals surface area contributed by atoms with Gasteiger partial charge in [0, 0.05) is 12.1 Å². The highest BCUT2D eigenvalue weighted by atomic mass is 19.4. The second-order valence-electron chi connectivity index (χ2n) is 5.29. The van der Waals surface area contributed by atoms with Gasteiger partial charge in [0.15, 0.2) is 5.82 Å². The van der Waals surface area contributed by atoms with Gasteiger partial charge in [-0.25, -0.2) is 4.98 Å². The van der Waals surface area contributed by atoms with Gasteiger partial charge in [-0.1, -0.05) is 24.3 Å². The first-order chi connectivity index (χ1) is 10.4. The summed E-state index contributed by atoms with van der Waals surface area (Å²) in [6, 6.07) is 6.98. The molecule has 1 fully saturated rings. The molecule has 0 aliphatic heterocycles. The predicted octanol–water partition coefficient (Wildman–Crippen LogP) is 2.43. The number of benzene rings is 1. The standard InChI is InChI=1S/C14H13F3N4O/c15-14(16,17)13(5-6-13)12(22)18-7-9-1-3-10(4-2-9)11-19-8-20-21-11/h1-4,8H,5-7H2,(H,18,22)(H,19,20,21). The number of halogens is 3. The SMILES string of the molecule is O=C(NCc1ccc(-c2ncn[nH]2)cc1)C1(C(F)(F)F)CC1. The van der Waals surface area contributed by atoms with E-state index in [-0.39, 0.29) is 19.4 Å². The summed E-state index contributed by atoms with van der Waals surface area (Å²) < 4.78 is 38.4. The topological polar surface area (TPSA) is 70.7 Å². The molecule has 1 heterocycles. The summed E-state index contributed by atoms with van der Waals surface area (Å²) in [7, 11) is 0. The molecule has 2 N–H and O–H groups in total. The average molecular weight is 310 g/mol. The Morgan fingerprint density at radius 2 is 1.95 bits per heavy atom. The molecule has 0 radical (unpaired) electrons. The van der Waals surface area contributed by atoms with E-state index in [0.29, 0.717) is 5.82 Å². The van der Waals surface area contributed by atoms with Crippen LogP contribution in [0.15, 0.2) is 30.6 Å². The van der Waals surface area contributed by atoms with E-state index in [2.05, 4.69) is 20.5 Å². The Kier molecular flexibility index (Phi) is 3.38. The molecule has 1 aliphatic carbocycles. The Morgan fingerprint density at radius 3 is 2.45 bits per heavy atom. The monoisotopic (exact) mass is 310 g/mol. The molecule has 0 saturated heterocycles. The second kappa shape index (κ2) is 5.11. The number of carbonyl (C=O) groups is 1. The number of nitrogens with zero attached hydrogens (tertiary/aromatic N) is 2. The zero-order valence-corrected chi connectivity index (χ0v) is 11.4. The van der Waals surface area contributed by atoms with Crippen molar-refractivity contribution < 1.29 is 18.0 Å². The van der Waals surface area contributed by atoms with Crippen LogP contribution < -0.4 is 5.32 Å². The van der Waals surface area contributed by atoms with Crippen molar-refractivity contribution in [3.63, 3.8) is 0 Å². The quantitative estimate of drug-likeness (QED) is 0.911. The van der Waals surface area contributed by atoms with Gasteiger partial charge in [-0.05, 0) is 18.4 Å². The Hall–Kier alpha value is -2.38. The van der Waals surface area contributed by atoms with Crippen LogP contribution in [-0.2, 0) is 11.3 Å². The molecule has 1 aromatic heterocycles. The van der Waals surface area contributed by atoms with Crippen LogP contribution in [0.1, 0.15) is 18.4 Å². The number of hydrogen-bond acceptors (Lipinski definition) is 3. The van der Waals surface area contributed by atoms with Crippen LogP contribution >= 0.6 is 0 Å². The van der Waals surface area contributed by atoms with Crippen LogP contribution in [0, 0.1) is 5.41 Å². The Morgan fingerprint density at radius 1 is 1.27 bits per heavy atom. The molecule has 22 heavy (non-hydrogen) atoms. The molecule has 2 aromatic rings. The van der Waals surface area contributed by atoms with Crippen LogP contribution in [0.5, 0.6) is 0 Å². The normalized spacial score (nSPS) is 16.3. The fraction of sp³-hybridized carbons (Fsp3) is 0.357. The zero-order chi connectivity index (χ0) is 15.8. The lowest BCUT2D eigenvalue weighted by molar-refractivity contribution is -0.192.